The second-order valence-corrected chi connectivity index (χ2v) is 11.3. The molecule has 41 heavy (non-hydrogen) atoms. The highest BCUT2D eigenvalue weighted by Gasteiger charge is 2.38. The highest BCUT2D eigenvalue weighted by atomic mass is 35.5. The zero-order chi connectivity index (χ0) is 29.0. The Balaban J connectivity index is 1.58. The molecular formula is C30H30ClFN6O3. The molecule has 2 aliphatic rings. The van der Waals surface area contributed by atoms with Crippen molar-refractivity contribution in [2.24, 2.45) is 0 Å². The number of amides is 1. The molecule has 1 aromatic carbocycles. The van der Waals surface area contributed by atoms with Crippen molar-refractivity contribution in [3.8, 4) is 16.9 Å². The molecule has 6 rings (SSSR count). The number of benzene rings is 1. The van der Waals surface area contributed by atoms with Gasteiger partial charge in [-0.3, -0.25) is 9.78 Å². The Hall–Kier alpha value is -3.89. The van der Waals surface area contributed by atoms with E-state index in [-0.39, 0.29) is 40.3 Å². The van der Waals surface area contributed by atoms with Crippen LogP contribution in [0.2, 0.25) is 5.02 Å². The number of aryl methyl sites for hydroxylation is 1. The third kappa shape index (κ3) is 4.85. The lowest BCUT2D eigenvalue weighted by Crippen LogP contribution is -2.55. The van der Waals surface area contributed by atoms with E-state index in [9.17, 15) is 14.0 Å². The maximum absolute atomic E-state index is 14.9. The van der Waals surface area contributed by atoms with Gasteiger partial charge in [0.15, 0.2) is 11.8 Å². The summed E-state index contributed by atoms with van der Waals surface area (Å²) in [4.78, 5) is 44.4. The summed E-state index contributed by atoms with van der Waals surface area (Å²) in [6, 6.07) is 9.66. The molecule has 11 heteroatoms. The first-order chi connectivity index (χ1) is 19.7. The van der Waals surface area contributed by atoms with E-state index in [1.165, 1.54) is 10.6 Å². The van der Waals surface area contributed by atoms with Crippen LogP contribution in [0.3, 0.4) is 0 Å². The molecular weight excluding hydrogens is 547 g/mol. The summed E-state index contributed by atoms with van der Waals surface area (Å²) in [5.41, 5.74) is 2.37. The van der Waals surface area contributed by atoms with Crippen molar-refractivity contribution in [3.63, 3.8) is 0 Å². The quantitative estimate of drug-likeness (QED) is 0.323. The number of rotatable bonds is 5. The SMILES string of the molecule is Cc1ccnc(C(C)C)c1-n1c(=O)nc(N2CCN(C(=O)C3CO3)CC2C)c2cc(Cl)c(-c3ccccc3F)nc21. The molecule has 0 bridgehead atoms. The van der Waals surface area contributed by atoms with Gasteiger partial charge < -0.3 is 14.5 Å². The first-order valence-electron chi connectivity index (χ1n) is 13.7. The van der Waals surface area contributed by atoms with Gasteiger partial charge in [0, 0.05) is 37.4 Å². The minimum Gasteiger partial charge on any atom is -0.363 e. The standard InChI is InChI=1S/C30H30ClFN6O3/c1-16(2)24-26(17(3)9-10-33-24)38-28-20(13-21(31)25(34-28)19-7-5-6-8-22(19)32)27(35-30(38)40)37-12-11-36(14-18(37)4)29(39)23-15-41-23/h5-10,13,16,18,23H,11-12,14-15H2,1-4H3. The van der Waals surface area contributed by atoms with Crippen LogP contribution in [-0.2, 0) is 9.53 Å². The van der Waals surface area contributed by atoms with Gasteiger partial charge in [0.25, 0.3) is 5.91 Å². The summed E-state index contributed by atoms with van der Waals surface area (Å²) < 4.78 is 21.6. The Labute approximate surface area is 241 Å². The number of pyridine rings is 2. The number of ether oxygens (including phenoxy) is 1. The summed E-state index contributed by atoms with van der Waals surface area (Å²) in [5.74, 6) is -0.0623. The molecule has 212 valence electrons. The molecule has 2 aliphatic heterocycles. The normalized spacial score (nSPS) is 18.8. The first-order valence-corrected chi connectivity index (χ1v) is 14.0. The fourth-order valence-corrected chi connectivity index (χ4v) is 5.77. The molecule has 2 fully saturated rings. The van der Waals surface area contributed by atoms with Gasteiger partial charge in [-0.1, -0.05) is 37.6 Å². The van der Waals surface area contributed by atoms with Crippen LogP contribution < -0.4 is 10.6 Å². The number of halogens is 2. The van der Waals surface area contributed by atoms with Crippen LogP contribution in [-0.4, -0.2) is 68.7 Å². The predicted octanol–water partition coefficient (Wildman–Crippen LogP) is 4.50. The number of hydrogen-bond donors (Lipinski definition) is 0. The van der Waals surface area contributed by atoms with Crippen molar-refractivity contribution in [1.82, 2.24) is 24.4 Å². The third-order valence-corrected chi connectivity index (χ3v) is 7.96. The van der Waals surface area contributed by atoms with Gasteiger partial charge in [-0.15, -0.1) is 0 Å². The maximum atomic E-state index is 14.9. The fraction of sp³-hybridized carbons (Fsp3) is 0.367. The monoisotopic (exact) mass is 576 g/mol. The number of carbonyl (C=O) groups is 1. The third-order valence-electron chi connectivity index (χ3n) is 7.68. The van der Waals surface area contributed by atoms with E-state index in [0.717, 1.165) is 11.3 Å². The van der Waals surface area contributed by atoms with Crippen LogP contribution in [0.4, 0.5) is 10.2 Å². The number of anilines is 1. The number of aromatic nitrogens is 4. The van der Waals surface area contributed by atoms with Gasteiger partial charge in [0.05, 0.1) is 34.1 Å². The zero-order valence-corrected chi connectivity index (χ0v) is 24.0. The van der Waals surface area contributed by atoms with Crippen molar-refractivity contribution >= 4 is 34.4 Å². The lowest BCUT2D eigenvalue weighted by atomic mass is 10.0. The minimum absolute atomic E-state index is 0.00551. The van der Waals surface area contributed by atoms with Crippen LogP contribution in [0.1, 0.15) is 37.9 Å². The average molecular weight is 577 g/mol. The van der Waals surface area contributed by atoms with Crippen LogP contribution >= 0.6 is 11.6 Å². The summed E-state index contributed by atoms with van der Waals surface area (Å²) in [6.07, 6.45) is 1.36. The number of epoxide rings is 1. The van der Waals surface area contributed by atoms with Crippen LogP contribution in [0.25, 0.3) is 28.0 Å². The first kappa shape index (κ1) is 27.3. The van der Waals surface area contributed by atoms with E-state index >= 15 is 0 Å². The lowest BCUT2D eigenvalue weighted by Gasteiger charge is -2.40. The molecule has 3 aromatic heterocycles. The lowest BCUT2D eigenvalue weighted by molar-refractivity contribution is -0.133. The second kappa shape index (κ2) is 10.5. The molecule has 2 atom stereocenters. The predicted molar refractivity (Wildman–Crippen MR) is 155 cm³/mol. The van der Waals surface area contributed by atoms with Crippen LogP contribution in [0, 0.1) is 12.7 Å². The van der Waals surface area contributed by atoms with Gasteiger partial charge in [0.2, 0.25) is 0 Å². The Morgan fingerprint density at radius 2 is 1.93 bits per heavy atom. The number of fused-ring (bicyclic) bond motifs is 1. The summed E-state index contributed by atoms with van der Waals surface area (Å²) >= 11 is 6.77. The second-order valence-electron chi connectivity index (χ2n) is 10.9. The largest absolute Gasteiger partial charge is 0.363 e. The topological polar surface area (TPSA) is 96.8 Å². The van der Waals surface area contributed by atoms with Gasteiger partial charge in [-0.05, 0) is 49.6 Å². The van der Waals surface area contributed by atoms with E-state index in [0.29, 0.717) is 48.8 Å². The van der Waals surface area contributed by atoms with Crippen molar-refractivity contribution in [3.05, 3.63) is 75.2 Å². The van der Waals surface area contributed by atoms with E-state index in [2.05, 4.69) is 9.97 Å². The summed E-state index contributed by atoms with van der Waals surface area (Å²) in [7, 11) is 0. The van der Waals surface area contributed by atoms with Gasteiger partial charge in [-0.2, -0.15) is 4.98 Å². The molecule has 2 unspecified atom stereocenters. The molecule has 0 spiro atoms. The van der Waals surface area contributed by atoms with E-state index in [1.54, 1.807) is 35.4 Å². The van der Waals surface area contributed by atoms with Gasteiger partial charge >= 0.3 is 5.69 Å². The molecule has 9 nitrogen and oxygen atoms in total. The molecule has 0 aliphatic carbocycles. The van der Waals surface area contributed by atoms with Crippen molar-refractivity contribution < 1.29 is 13.9 Å². The zero-order valence-electron chi connectivity index (χ0n) is 23.3. The van der Waals surface area contributed by atoms with Crippen LogP contribution in [0.15, 0.2) is 47.4 Å². The fourth-order valence-electron chi connectivity index (χ4n) is 5.52. The number of carbonyl (C=O) groups excluding carboxylic acids is 1. The molecule has 2 saturated heterocycles. The number of nitrogens with zero attached hydrogens (tertiary/aromatic N) is 6. The molecule has 4 aromatic rings. The molecule has 5 heterocycles. The Morgan fingerprint density at radius 3 is 2.61 bits per heavy atom. The van der Waals surface area contributed by atoms with Gasteiger partial charge in [0.1, 0.15) is 11.6 Å². The van der Waals surface area contributed by atoms with E-state index < -0.39 is 11.5 Å². The van der Waals surface area contributed by atoms with E-state index in [1.807, 2.05) is 38.7 Å². The minimum atomic E-state index is -0.531. The molecule has 0 radical (unpaired) electrons. The van der Waals surface area contributed by atoms with Crippen molar-refractivity contribution in [2.75, 3.05) is 31.1 Å². The molecule has 1 amide bonds. The maximum Gasteiger partial charge on any atom is 0.355 e. The Bertz CT molecular complexity index is 1740. The van der Waals surface area contributed by atoms with Gasteiger partial charge in [-0.25, -0.2) is 18.7 Å². The number of hydrogen-bond acceptors (Lipinski definition) is 7. The highest BCUT2D eigenvalue weighted by Crippen LogP contribution is 2.36. The summed E-state index contributed by atoms with van der Waals surface area (Å²) in [5, 5.41) is 0.778. The summed E-state index contributed by atoms with van der Waals surface area (Å²) in [6.45, 7) is 9.73. The number of piperazine rings is 1. The van der Waals surface area contributed by atoms with Crippen molar-refractivity contribution in [2.45, 2.75) is 45.8 Å². The highest BCUT2D eigenvalue weighted by molar-refractivity contribution is 6.33. The smallest absolute Gasteiger partial charge is 0.355 e. The Morgan fingerprint density at radius 1 is 1.17 bits per heavy atom. The molecule has 0 saturated carbocycles. The van der Waals surface area contributed by atoms with E-state index in [4.69, 9.17) is 21.3 Å². The average Bonchev–Trinajstić information content (AvgIpc) is 3.79. The molecule has 0 N–H and O–H groups in total. The Kier molecular flexibility index (Phi) is 6.99. The van der Waals surface area contributed by atoms with Crippen LogP contribution in [0.5, 0.6) is 0 Å². The van der Waals surface area contributed by atoms with Crippen molar-refractivity contribution in [1.29, 1.82) is 0 Å².